The molecular formula is C18H31N5S. The van der Waals surface area contributed by atoms with Crippen LogP contribution in [0, 0.1) is 6.92 Å². The van der Waals surface area contributed by atoms with Crippen LogP contribution in [0.5, 0.6) is 0 Å². The van der Waals surface area contributed by atoms with Gasteiger partial charge in [-0.25, -0.2) is 4.98 Å². The first-order valence-corrected chi connectivity index (χ1v) is 10.3. The molecule has 1 aliphatic heterocycles. The molecule has 6 heteroatoms. The maximum atomic E-state index is 4.75. The van der Waals surface area contributed by atoms with Gasteiger partial charge in [0, 0.05) is 55.8 Å². The molecule has 2 heterocycles. The van der Waals surface area contributed by atoms with Crippen molar-refractivity contribution < 1.29 is 0 Å². The van der Waals surface area contributed by atoms with Crippen molar-refractivity contribution in [3.63, 3.8) is 0 Å². The second-order valence-corrected chi connectivity index (χ2v) is 8.26. The summed E-state index contributed by atoms with van der Waals surface area (Å²) in [6, 6.07) is 1.37. The van der Waals surface area contributed by atoms with Gasteiger partial charge in [-0.15, -0.1) is 11.3 Å². The first-order chi connectivity index (χ1) is 11.7. The molecule has 2 aliphatic rings. The average Bonchev–Trinajstić information content (AvgIpc) is 3.29. The van der Waals surface area contributed by atoms with Crippen LogP contribution < -0.4 is 10.6 Å². The van der Waals surface area contributed by atoms with E-state index < -0.39 is 0 Å². The molecule has 1 aromatic heterocycles. The number of aryl methyl sites for hydroxylation is 1. The van der Waals surface area contributed by atoms with Crippen LogP contribution >= 0.6 is 11.3 Å². The van der Waals surface area contributed by atoms with Crippen molar-refractivity contribution in [1.29, 1.82) is 0 Å². The summed E-state index contributed by atoms with van der Waals surface area (Å²) in [6.45, 7) is 8.33. The van der Waals surface area contributed by atoms with E-state index in [1.54, 1.807) is 11.3 Å². The van der Waals surface area contributed by atoms with E-state index in [0.717, 1.165) is 31.5 Å². The number of hydrogen-bond donors (Lipinski definition) is 2. The van der Waals surface area contributed by atoms with Crippen LogP contribution in [-0.2, 0) is 6.42 Å². The highest BCUT2D eigenvalue weighted by Crippen LogP contribution is 2.26. The molecule has 24 heavy (non-hydrogen) atoms. The Hall–Kier alpha value is -1.14. The van der Waals surface area contributed by atoms with Crippen molar-refractivity contribution in [1.82, 2.24) is 20.5 Å². The molecule has 1 atom stereocenters. The Labute approximate surface area is 150 Å². The second-order valence-electron chi connectivity index (χ2n) is 6.94. The van der Waals surface area contributed by atoms with Gasteiger partial charge in [0.2, 0.25) is 0 Å². The van der Waals surface area contributed by atoms with Crippen molar-refractivity contribution in [2.24, 2.45) is 4.99 Å². The molecule has 0 bridgehead atoms. The molecule has 0 aromatic carbocycles. The van der Waals surface area contributed by atoms with Gasteiger partial charge in [-0.2, -0.15) is 0 Å². The van der Waals surface area contributed by atoms with Crippen LogP contribution in [-0.4, -0.2) is 54.1 Å². The van der Waals surface area contributed by atoms with E-state index in [-0.39, 0.29) is 0 Å². The van der Waals surface area contributed by atoms with Gasteiger partial charge in [-0.1, -0.05) is 12.8 Å². The van der Waals surface area contributed by atoms with E-state index in [1.807, 2.05) is 6.20 Å². The van der Waals surface area contributed by atoms with Crippen molar-refractivity contribution in [3.8, 4) is 0 Å². The summed E-state index contributed by atoms with van der Waals surface area (Å²) in [5.41, 5.74) is 0. The smallest absolute Gasteiger partial charge is 0.191 e. The summed E-state index contributed by atoms with van der Waals surface area (Å²) < 4.78 is 0. The van der Waals surface area contributed by atoms with E-state index in [4.69, 9.17) is 4.99 Å². The monoisotopic (exact) mass is 349 g/mol. The van der Waals surface area contributed by atoms with Gasteiger partial charge in [0.05, 0.1) is 5.01 Å². The molecular weight excluding hydrogens is 318 g/mol. The number of likely N-dealkylation sites (tertiary alicyclic amines) is 1. The van der Waals surface area contributed by atoms with Gasteiger partial charge in [-0.05, 0) is 33.1 Å². The minimum Gasteiger partial charge on any atom is -0.357 e. The lowest BCUT2D eigenvalue weighted by Gasteiger charge is -2.24. The van der Waals surface area contributed by atoms with Crippen molar-refractivity contribution >= 4 is 17.3 Å². The number of hydrogen-bond acceptors (Lipinski definition) is 4. The van der Waals surface area contributed by atoms with Gasteiger partial charge in [0.25, 0.3) is 0 Å². The number of aliphatic imine (C=N–C) groups is 1. The number of rotatable bonds is 6. The molecule has 0 radical (unpaired) electrons. The summed E-state index contributed by atoms with van der Waals surface area (Å²) in [5.74, 6) is 0.962. The Morgan fingerprint density at radius 1 is 1.38 bits per heavy atom. The third-order valence-corrected chi connectivity index (χ3v) is 5.98. The summed E-state index contributed by atoms with van der Waals surface area (Å²) in [4.78, 5) is 13.1. The minimum absolute atomic E-state index is 0.533. The highest BCUT2D eigenvalue weighted by atomic mass is 32.1. The third kappa shape index (κ3) is 4.93. The molecule has 3 rings (SSSR count). The van der Waals surface area contributed by atoms with Gasteiger partial charge >= 0.3 is 0 Å². The first kappa shape index (κ1) is 17.7. The molecule has 0 amide bonds. The lowest BCUT2D eigenvalue weighted by Crippen LogP contribution is -2.45. The van der Waals surface area contributed by atoms with Crippen LogP contribution in [0.4, 0.5) is 0 Å². The lowest BCUT2D eigenvalue weighted by atomic mass is 10.2. The van der Waals surface area contributed by atoms with Crippen LogP contribution in [0.1, 0.15) is 48.9 Å². The Morgan fingerprint density at radius 3 is 2.92 bits per heavy atom. The number of nitrogens with one attached hydrogen (secondary N) is 2. The van der Waals surface area contributed by atoms with E-state index in [1.165, 1.54) is 55.1 Å². The van der Waals surface area contributed by atoms with Gasteiger partial charge in [-0.3, -0.25) is 9.89 Å². The molecule has 134 valence electrons. The highest BCUT2D eigenvalue weighted by molar-refractivity contribution is 7.11. The van der Waals surface area contributed by atoms with Crippen molar-refractivity contribution in [3.05, 3.63) is 16.1 Å². The van der Waals surface area contributed by atoms with Gasteiger partial charge < -0.3 is 10.6 Å². The largest absolute Gasteiger partial charge is 0.357 e. The molecule has 1 aliphatic carbocycles. The lowest BCUT2D eigenvalue weighted by molar-refractivity contribution is 0.242. The Morgan fingerprint density at radius 2 is 2.21 bits per heavy atom. The number of guanidine groups is 1. The predicted octanol–water partition coefficient (Wildman–Crippen LogP) is 2.57. The molecule has 1 saturated carbocycles. The fraction of sp³-hybridized carbons (Fsp3) is 0.778. The maximum Gasteiger partial charge on any atom is 0.191 e. The Bertz CT molecular complexity index is 535. The van der Waals surface area contributed by atoms with E-state index in [0.29, 0.717) is 6.04 Å². The van der Waals surface area contributed by atoms with Crippen LogP contribution in [0.2, 0.25) is 0 Å². The van der Waals surface area contributed by atoms with Crippen LogP contribution in [0.15, 0.2) is 11.2 Å². The fourth-order valence-corrected chi connectivity index (χ4v) is 4.58. The van der Waals surface area contributed by atoms with Crippen molar-refractivity contribution in [2.45, 2.75) is 64.5 Å². The standard InChI is InChI=1S/C18H31N5S/c1-3-19-18(20-10-8-17-21-12-14(2)24-17)22-15-9-11-23(13-15)16-6-4-5-7-16/h12,15-16H,3-11,13H2,1-2H3,(H2,19,20,22). The molecule has 1 saturated heterocycles. The highest BCUT2D eigenvalue weighted by Gasteiger charge is 2.30. The summed E-state index contributed by atoms with van der Waals surface area (Å²) >= 11 is 1.77. The number of aromatic nitrogens is 1. The maximum absolute atomic E-state index is 4.75. The number of nitrogens with zero attached hydrogens (tertiary/aromatic N) is 3. The predicted molar refractivity (Wildman–Crippen MR) is 102 cm³/mol. The summed E-state index contributed by atoms with van der Waals surface area (Å²) in [5, 5.41) is 8.21. The SMILES string of the molecule is CCNC(=NCCc1ncc(C)s1)NC1CCN(C2CCCC2)C1. The van der Waals surface area contributed by atoms with E-state index >= 15 is 0 Å². The minimum atomic E-state index is 0.533. The molecule has 2 N–H and O–H groups in total. The quantitative estimate of drug-likeness (QED) is 0.612. The third-order valence-electron chi connectivity index (χ3n) is 5.01. The molecule has 1 unspecified atom stereocenters. The van der Waals surface area contributed by atoms with E-state index in [2.05, 4.69) is 34.4 Å². The summed E-state index contributed by atoms with van der Waals surface area (Å²) in [6.07, 6.45) is 9.73. The average molecular weight is 350 g/mol. The summed E-state index contributed by atoms with van der Waals surface area (Å²) in [7, 11) is 0. The second kappa shape index (κ2) is 8.81. The fourth-order valence-electron chi connectivity index (χ4n) is 3.80. The Kier molecular flexibility index (Phi) is 6.49. The molecule has 5 nitrogen and oxygen atoms in total. The molecule has 1 aromatic rings. The normalized spacial score (nSPS) is 23.1. The molecule has 2 fully saturated rings. The van der Waals surface area contributed by atoms with Crippen LogP contribution in [0.25, 0.3) is 0 Å². The van der Waals surface area contributed by atoms with E-state index in [9.17, 15) is 0 Å². The first-order valence-electron chi connectivity index (χ1n) is 9.45. The van der Waals surface area contributed by atoms with Crippen LogP contribution in [0.3, 0.4) is 0 Å². The van der Waals surface area contributed by atoms with Gasteiger partial charge in [0.15, 0.2) is 5.96 Å². The van der Waals surface area contributed by atoms with Crippen molar-refractivity contribution in [2.75, 3.05) is 26.2 Å². The zero-order chi connectivity index (χ0) is 16.8. The number of thiazole rings is 1. The topological polar surface area (TPSA) is 52.6 Å². The van der Waals surface area contributed by atoms with Gasteiger partial charge in [0.1, 0.15) is 0 Å². The zero-order valence-electron chi connectivity index (χ0n) is 15.1. The Balaban J connectivity index is 1.47. The molecule has 0 spiro atoms. The zero-order valence-corrected chi connectivity index (χ0v) is 15.9.